The lowest BCUT2D eigenvalue weighted by Crippen LogP contribution is -2.24. The van der Waals surface area contributed by atoms with Crippen molar-refractivity contribution < 1.29 is 23.6 Å². The van der Waals surface area contributed by atoms with E-state index in [2.05, 4.69) is 15.1 Å². The number of aryl methyl sites for hydroxylation is 1. The third kappa shape index (κ3) is 3.82. The highest BCUT2D eigenvalue weighted by molar-refractivity contribution is 6.30. The Bertz CT molecular complexity index is 1380. The van der Waals surface area contributed by atoms with Crippen LogP contribution in [0.5, 0.6) is 0 Å². The second-order valence-electron chi connectivity index (χ2n) is 7.42. The largest absolute Gasteiger partial charge is 0.462 e. The summed E-state index contributed by atoms with van der Waals surface area (Å²) in [4.78, 5) is 46.9. The van der Waals surface area contributed by atoms with Crippen molar-refractivity contribution in [3.63, 3.8) is 0 Å². The molecule has 33 heavy (non-hydrogen) atoms. The fourth-order valence-corrected chi connectivity index (χ4v) is 3.75. The first-order valence-corrected chi connectivity index (χ1v) is 10.3. The maximum Gasteiger partial charge on any atom is 0.338 e. The molecule has 2 heterocycles. The van der Waals surface area contributed by atoms with Crippen molar-refractivity contribution in [1.29, 1.82) is 0 Å². The molecular weight excluding hydrogens is 422 g/mol. The van der Waals surface area contributed by atoms with E-state index in [4.69, 9.17) is 9.26 Å². The molecule has 0 fully saturated rings. The maximum atomic E-state index is 13.0. The zero-order valence-corrected chi connectivity index (χ0v) is 17.4. The van der Waals surface area contributed by atoms with Gasteiger partial charge in [0.25, 0.3) is 0 Å². The molecule has 1 aliphatic carbocycles. The quantitative estimate of drug-likeness (QED) is 0.291. The van der Waals surface area contributed by atoms with Crippen LogP contribution in [0.25, 0.3) is 11.4 Å². The van der Waals surface area contributed by atoms with Gasteiger partial charge < -0.3 is 9.26 Å². The van der Waals surface area contributed by atoms with Gasteiger partial charge >= 0.3 is 5.97 Å². The van der Waals surface area contributed by atoms with Crippen molar-refractivity contribution in [2.24, 2.45) is 0 Å². The van der Waals surface area contributed by atoms with Crippen molar-refractivity contribution in [1.82, 2.24) is 15.1 Å². The highest BCUT2D eigenvalue weighted by atomic mass is 16.5. The molecule has 0 amide bonds. The van der Waals surface area contributed by atoms with Gasteiger partial charge in [-0.1, -0.05) is 41.6 Å². The van der Waals surface area contributed by atoms with E-state index in [1.807, 2.05) is 6.07 Å². The molecule has 162 valence electrons. The number of nitrogens with zero attached hydrogens (tertiary/aromatic N) is 3. The standard InChI is InChI=1S/C25H17N3O5/c29-22-16-7-1-2-8-17(16)23(30)21-18(22)9-3-10-19(21)25(31)32-13-5-11-20-27-24(28-33-20)15-6-4-12-26-14-15/h1-4,6-10,12,14H,5,11,13H2. The van der Waals surface area contributed by atoms with E-state index in [1.165, 1.54) is 6.07 Å². The fourth-order valence-electron chi connectivity index (χ4n) is 3.75. The summed E-state index contributed by atoms with van der Waals surface area (Å²) in [5.41, 5.74) is 1.75. The minimum atomic E-state index is -0.658. The molecule has 0 bridgehead atoms. The van der Waals surface area contributed by atoms with Crippen LogP contribution in [-0.2, 0) is 11.2 Å². The van der Waals surface area contributed by atoms with E-state index in [0.717, 1.165) is 5.56 Å². The number of fused-ring (bicyclic) bond motifs is 2. The van der Waals surface area contributed by atoms with Crippen LogP contribution in [0.4, 0.5) is 0 Å². The van der Waals surface area contributed by atoms with Crippen LogP contribution in [-0.4, -0.2) is 39.3 Å². The van der Waals surface area contributed by atoms with E-state index < -0.39 is 5.97 Å². The Hall–Kier alpha value is -4.46. The topological polar surface area (TPSA) is 112 Å². The van der Waals surface area contributed by atoms with E-state index in [1.54, 1.807) is 54.9 Å². The minimum absolute atomic E-state index is 0.0806. The van der Waals surface area contributed by atoms with Gasteiger partial charge in [0.1, 0.15) is 0 Å². The van der Waals surface area contributed by atoms with Gasteiger partial charge in [-0.2, -0.15) is 4.98 Å². The van der Waals surface area contributed by atoms with Gasteiger partial charge in [0.15, 0.2) is 11.6 Å². The molecule has 0 N–H and O–H groups in total. The molecule has 0 spiro atoms. The fraction of sp³-hybridized carbons (Fsp3) is 0.120. The summed E-state index contributed by atoms with van der Waals surface area (Å²) in [7, 11) is 0. The number of esters is 1. The summed E-state index contributed by atoms with van der Waals surface area (Å²) in [6.07, 6.45) is 4.16. The third-order valence-electron chi connectivity index (χ3n) is 5.33. The Kier molecular flexibility index (Phi) is 5.32. The van der Waals surface area contributed by atoms with Gasteiger partial charge in [-0.3, -0.25) is 14.6 Å². The average Bonchev–Trinajstić information content (AvgIpc) is 3.34. The van der Waals surface area contributed by atoms with E-state index >= 15 is 0 Å². The van der Waals surface area contributed by atoms with Gasteiger partial charge in [-0.15, -0.1) is 0 Å². The number of carbonyl (C=O) groups excluding carboxylic acids is 3. The Balaban J connectivity index is 1.25. The molecule has 5 rings (SSSR count). The molecule has 2 aromatic carbocycles. The zero-order valence-electron chi connectivity index (χ0n) is 17.4. The first-order chi connectivity index (χ1) is 16.1. The molecule has 4 aromatic rings. The number of hydrogen-bond donors (Lipinski definition) is 0. The number of benzene rings is 2. The van der Waals surface area contributed by atoms with Crippen LogP contribution >= 0.6 is 0 Å². The second-order valence-corrected chi connectivity index (χ2v) is 7.42. The summed E-state index contributed by atoms with van der Waals surface area (Å²) in [5.74, 6) is -0.444. The lowest BCUT2D eigenvalue weighted by Gasteiger charge is -2.19. The van der Waals surface area contributed by atoms with Crippen LogP contribution in [0.15, 0.2) is 71.5 Å². The molecule has 0 unspecified atom stereocenters. The number of aromatic nitrogens is 3. The van der Waals surface area contributed by atoms with Gasteiger partial charge in [-0.05, 0) is 24.6 Å². The number of hydrogen-bond acceptors (Lipinski definition) is 8. The smallest absolute Gasteiger partial charge is 0.338 e. The molecule has 1 aliphatic rings. The number of carbonyl (C=O) groups is 3. The van der Waals surface area contributed by atoms with Gasteiger partial charge in [0.05, 0.1) is 12.2 Å². The summed E-state index contributed by atoms with van der Waals surface area (Å²) >= 11 is 0. The van der Waals surface area contributed by atoms with Crippen molar-refractivity contribution in [2.75, 3.05) is 6.61 Å². The summed E-state index contributed by atoms with van der Waals surface area (Å²) in [6, 6.07) is 14.8. The van der Waals surface area contributed by atoms with E-state index in [-0.39, 0.29) is 40.4 Å². The lowest BCUT2D eigenvalue weighted by atomic mass is 9.82. The lowest BCUT2D eigenvalue weighted by molar-refractivity contribution is 0.0495. The molecule has 0 saturated carbocycles. The molecule has 0 saturated heterocycles. The molecule has 0 aliphatic heterocycles. The predicted molar refractivity (Wildman–Crippen MR) is 116 cm³/mol. The monoisotopic (exact) mass is 439 g/mol. The SMILES string of the molecule is O=C(OCCCc1nc(-c2cccnc2)no1)c1cccc2c1C(=O)c1ccccc1C2=O. The molecule has 0 radical (unpaired) electrons. The zero-order chi connectivity index (χ0) is 22.8. The number of pyridine rings is 1. The highest BCUT2D eigenvalue weighted by Gasteiger charge is 2.33. The molecule has 2 aromatic heterocycles. The Morgan fingerprint density at radius 3 is 2.48 bits per heavy atom. The van der Waals surface area contributed by atoms with Crippen LogP contribution in [0.1, 0.15) is 54.5 Å². The van der Waals surface area contributed by atoms with Crippen molar-refractivity contribution in [3.8, 4) is 11.4 Å². The predicted octanol–water partition coefficient (Wildman–Crippen LogP) is 3.70. The Morgan fingerprint density at radius 1 is 0.909 bits per heavy atom. The summed E-state index contributed by atoms with van der Waals surface area (Å²) < 4.78 is 10.6. The van der Waals surface area contributed by atoms with Gasteiger partial charge in [0.2, 0.25) is 11.7 Å². The minimum Gasteiger partial charge on any atom is -0.462 e. The Morgan fingerprint density at radius 2 is 1.70 bits per heavy atom. The third-order valence-corrected chi connectivity index (χ3v) is 5.33. The normalized spacial score (nSPS) is 12.2. The van der Waals surface area contributed by atoms with Crippen molar-refractivity contribution in [3.05, 3.63) is 101 Å². The first kappa shape index (κ1) is 20.4. The first-order valence-electron chi connectivity index (χ1n) is 10.3. The summed E-state index contributed by atoms with van der Waals surface area (Å²) in [5, 5.41) is 3.93. The second kappa shape index (κ2) is 8.58. The molecule has 0 atom stereocenters. The van der Waals surface area contributed by atoms with Crippen molar-refractivity contribution in [2.45, 2.75) is 12.8 Å². The highest BCUT2D eigenvalue weighted by Crippen LogP contribution is 2.29. The van der Waals surface area contributed by atoms with Crippen LogP contribution in [0, 0.1) is 0 Å². The summed E-state index contributed by atoms with van der Waals surface area (Å²) in [6.45, 7) is 0.0891. The van der Waals surface area contributed by atoms with E-state index in [9.17, 15) is 14.4 Å². The van der Waals surface area contributed by atoms with Crippen LogP contribution in [0.3, 0.4) is 0 Å². The molecular formula is C25H17N3O5. The van der Waals surface area contributed by atoms with Crippen LogP contribution < -0.4 is 0 Å². The van der Waals surface area contributed by atoms with Crippen LogP contribution in [0.2, 0.25) is 0 Å². The van der Waals surface area contributed by atoms with E-state index in [0.29, 0.717) is 30.1 Å². The van der Waals surface area contributed by atoms with Gasteiger partial charge in [-0.25, -0.2) is 4.79 Å². The molecule has 8 nitrogen and oxygen atoms in total. The number of ketones is 2. The maximum absolute atomic E-state index is 13.0. The number of rotatable bonds is 6. The van der Waals surface area contributed by atoms with Crippen molar-refractivity contribution >= 4 is 17.5 Å². The number of ether oxygens (including phenoxy) is 1. The average molecular weight is 439 g/mol. The molecule has 8 heteroatoms. The Labute approximate surface area is 188 Å². The van der Waals surface area contributed by atoms with Gasteiger partial charge in [0, 0.05) is 46.6 Å².